The van der Waals surface area contributed by atoms with Gasteiger partial charge in [-0.1, -0.05) is 13.0 Å². The molecule has 0 N–H and O–H groups in total. The third-order valence-electron chi connectivity index (χ3n) is 2.19. The highest BCUT2D eigenvalue weighted by molar-refractivity contribution is 6.17. The Morgan fingerprint density at radius 2 is 2.06 bits per heavy atom. The Kier molecular flexibility index (Phi) is 6.78. The molecule has 1 aromatic carbocycles. The molecule has 0 fully saturated rings. The number of benzene rings is 1. The van der Waals surface area contributed by atoms with Crippen molar-refractivity contribution in [2.45, 2.75) is 25.6 Å². The molecule has 1 aromatic rings. The van der Waals surface area contributed by atoms with Gasteiger partial charge in [-0.25, -0.2) is 0 Å². The Morgan fingerprint density at radius 3 is 2.71 bits per heavy atom. The Hall–Kier alpha value is -0.960. The van der Waals surface area contributed by atoms with Gasteiger partial charge in [-0.3, -0.25) is 4.39 Å². The van der Waals surface area contributed by atoms with Gasteiger partial charge in [0.25, 0.3) is 0 Å². The fourth-order valence-corrected chi connectivity index (χ4v) is 1.55. The first-order valence-corrected chi connectivity index (χ1v) is 6.35. The molecule has 0 bridgehead atoms. The van der Waals surface area contributed by atoms with Crippen molar-refractivity contribution >= 4 is 11.6 Å². The van der Waals surface area contributed by atoms with Gasteiger partial charge < -0.3 is 9.47 Å². The molecule has 0 saturated carbocycles. The average Bonchev–Trinajstić information content (AvgIpc) is 2.37. The van der Waals surface area contributed by atoms with Crippen LogP contribution in [0, 0.1) is 0 Å². The summed E-state index contributed by atoms with van der Waals surface area (Å²) in [5.41, 5.74) is 0.898. The maximum Gasteiger partial charge on any atom is 0.127 e. The molecule has 0 unspecified atom stereocenters. The zero-order chi connectivity index (χ0) is 12.5. The monoisotopic (exact) mass is 260 g/mol. The van der Waals surface area contributed by atoms with E-state index in [9.17, 15) is 4.39 Å². The van der Waals surface area contributed by atoms with E-state index in [0.717, 1.165) is 17.7 Å². The van der Waals surface area contributed by atoms with Gasteiger partial charge in [0.1, 0.15) is 11.5 Å². The fraction of sp³-hybridized carbons (Fsp3) is 0.538. The summed E-state index contributed by atoms with van der Waals surface area (Å²) >= 11 is 5.81. The molecule has 0 aliphatic carbocycles. The number of halogens is 2. The molecule has 0 amide bonds. The molecule has 0 spiro atoms. The van der Waals surface area contributed by atoms with Crippen molar-refractivity contribution in [3.63, 3.8) is 0 Å². The molecule has 0 radical (unpaired) electrons. The van der Waals surface area contributed by atoms with Crippen molar-refractivity contribution in [3.05, 3.63) is 23.8 Å². The Morgan fingerprint density at radius 1 is 1.24 bits per heavy atom. The van der Waals surface area contributed by atoms with E-state index in [2.05, 4.69) is 0 Å². The third kappa shape index (κ3) is 4.82. The van der Waals surface area contributed by atoms with E-state index in [1.54, 1.807) is 0 Å². The molecule has 0 aliphatic heterocycles. The highest BCUT2D eigenvalue weighted by Crippen LogP contribution is 2.26. The minimum Gasteiger partial charge on any atom is -0.493 e. The summed E-state index contributed by atoms with van der Waals surface area (Å²) < 4.78 is 23.0. The Balaban J connectivity index is 2.68. The van der Waals surface area contributed by atoms with Crippen molar-refractivity contribution in [3.8, 4) is 11.5 Å². The lowest BCUT2D eigenvalue weighted by Crippen LogP contribution is -2.02. The van der Waals surface area contributed by atoms with Crippen molar-refractivity contribution in [2.24, 2.45) is 0 Å². The molecule has 0 aromatic heterocycles. The fourth-order valence-electron chi connectivity index (χ4n) is 1.33. The summed E-state index contributed by atoms with van der Waals surface area (Å²) in [6.07, 6.45) is 1.34. The van der Waals surface area contributed by atoms with Crippen molar-refractivity contribution in [1.29, 1.82) is 0 Å². The number of alkyl halides is 2. The normalized spacial score (nSPS) is 10.3. The van der Waals surface area contributed by atoms with E-state index in [-0.39, 0.29) is 6.67 Å². The summed E-state index contributed by atoms with van der Waals surface area (Å²) in [4.78, 5) is 0. The minimum absolute atomic E-state index is 0.359. The second-order valence-electron chi connectivity index (χ2n) is 3.64. The molecule has 17 heavy (non-hydrogen) atoms. The van der Waals surface area contributed by atoms with Gasteiger partial charge >= 0.3 is 0 Å². The third-order valence-corrected chi connectivity index (χ3v) is 2.48. The van der Waals surface area contributed by atoms with E-state index in [0.29, 0.717) is 31.3 Å². The Bertz CT molecular complexity index is 331. The second-order valence-corrected chi connectivity index (χ2v) is 3.91. The first kappa shape index (κ1) is 14.1. The standard InChI is InChI=1S/C13H18ClFO2/c1-2-7-16-12-5-4-11(10-14)13(9-12)17-8-3-6-15/h4-5,9H,2-3,6-8,10H2,1H3. The lowest BCUT2D eigenvalue weighted by Gasteiger charge is -2.12. The minimum atomic E-state index is -0.373. The number of hydrogen-bond donors (Lipinski definition) is 0. The van der Waals surface area contributed by atoms with Crippen LogP contribution in [0.5, 0.6) is 11.5 Å². The van der Waals surface area contributed by atoms with Crippen LogP contribution in [0.4, 0.5) is 4.39 Å². The van der Waals surface area contributed by atoms with Crippen LogP contribution in [0.2, 0.25) is 0 Å². The molecule has 0 heterocycles. The molecule has 2 nitrogen and oxygen atoms in total. The number of ether oxygens (including phenoxy) is 2. The number of rotatable bonds is 8. The lowest BCUT2D eigenvalue weighted by molar-refractivity contribution is 0.282. The van der Waals surface area contributed by atoms with E-state index in [4.69, 9.17) is 21.1 Å². The summed E-state index contributed by atoms with van der Waals surface area (Å²) in [5, 5.41) is 0. The molecule has 0 atom stereocenters. The number of hydrogen-bond acceptors (Lipinski definition) is 2. The summed E-state index contributed by atoms with van der Waals surface area (Å²) in [6, 6.07) is 5.56. The van der Waals surface area contributed by atoms with E-state index < -0.39 is 0 Å². The first-order chi connectivity index (χ1) is 8.31. The highest BCUT2D eigenvalue weighted by atomic mass is 35.5. The van der Waals surface area contributed by atoms with Crippen LogP contribution in [-0.4, -0.2) is 19.9 Å². The molecule has 1 rings (SSSR count). The van der Waals surface area contributed by atoms with Crippen LogP contribution >= 0.6 is 11.6 Å². The molecule has 96 valence electrons. The van der Waals surface area contributed by atoms with Crippen LogP contribution < -0.4 is 9.47 Å². The average molecular weight is 261 g/mol. The van der Waals surface area contributed by atoms with Crippen LogP contribution in [0.25, 0.3) is 0 Å². The molecule has 0 aliphatic rings. The maximum atomic E-state index is 12.0. The predicted octanol–water partition coefficient (Wildman–Crippen LogP) is 3.95. The topological polar surface area (TPSA) is 18.5 Å². The van der Waals surface area contributed by atoms with Crippen molar-refractivity contribution < 1.29 is 13.9 Å². The van der Waals surface area contributed by atoms with Crippen LogP contribution in [0.3, 0.4) is 0 Å². The molecular formula is C13H18ClFO2. The van der Waals surface area contributed by atoms with E-state index in [1.165, 1.54) is 0 Å². The first-order valence-electron chi connectivity index (χ1n) is 5.82. The predicted molar refractivity (Wildman–Crippen MR) is 67.9 cm³/mol. The summed E-state index contributed by atoms with van der Waals surface area (Å²) in [6.45, 7) is 2.70. The zero-order valence-electron chi connectivity index (χ0n) is 10.0. The van der Waals surface area contributed by atoms with Gasteiger partial charge in [-0.15, -0.1) is 11.6 Å². The molecule has 4 heteroatoms. The molecular weight excluding hydrogens is 243 g/mol. The largest absolute Gasteiger partial charge is 0.493 e. The van der Waals surface area contributed by atoms with Gasteiger partial charge in [0.05, 0.1) is 25.8 Å². The van der Waals surface area contributed by atoms with Crippen molar-refractivity contribution in [1.82, 2.24) is 0 Å². The van der Waals surface area contributed by atoms with Crippen LogP contribution in [0.1, 0.15) is 25.3 Å². The molecule has 0 saturated heterocycles. The quantitative estimate of drug-likeness (QED) is 0.520. The lowest BCUT2D eigenvalue weighted by atomic mass is 10.2. The second kappa shape index (κ2) is 8.18. The smallest absolute Gasteiger partial charge is 0.127 e. The van der Waals surface area contributed by atoms with Gasteiger partial charge in [-0.2, -0.15) is 0 Å². The highest BCUT2D eigenvalue weighted by Gasteiger charge is 2.05. The van der Waals surface area contributed by atoms with Gasteiger partial charge in [0.15, 0.2) is 0 Å². The van der Waals surface area contributed by atoms with E-state index in [1.807, 2.05) is 25.1 Å². The summed E-state index contributed by atoms with van der Waals surface area (Å²) in [5.74, 6) is 1.82. The van der Waals surface area contributed by atoms with Crippen LogP contribution in [0.15, 0.2) is 18.2 Å². The SMILES string of the molecule is CCCOc1ccc(CCl)c(OCCCF)c1. The summed E-state index contributed by atoms with van der Waals surface area (Å²) in [7, 11) is 0. The maximum absolute atomic E-state index is 12.0. The van der Waals surface area contributed by atoms with Crippen molar-refractivity contribution in [2.75, 3.05) is 19.9 Å². The van der Waals surface area contributed by atoms with Crippen LogP contribution in [-0.2, 0) is 5.88 Å². The Labute approximate surface area is 107 Å². The van der Waals surface area contributed by atoms with Gasteiger partial charge in [0.2, 0.25) is 0 Å². The zero-order valence-corrected chi connectivity index (χ0v) is 10.8. The van der Waals surface area contributed by atoms with Gasteiger partial charge in [0, 0.05) is 18.1 Å². The van der Waals surface area contributed by atoms with Gasteiger partial charge in [-0.05, 0) is 12.5 Å². The van der Waals surface area contributed by atoms with E-state index >= 15 is 0 Å².